The Hall–Kier alpha value is -0.580. The van der Waals surface area contributed by atoms with Gasteiger partial charge in [0.25, 0.3) is 0 Å². The molecule has 0 aromatic heterocycles. The zero-order valence-corrected chi connectivity index (χ0v) is 18.4. The minimum absolute atomic E-state index is 0.144. The van der Waals surface area contributed by atoms with Crippen LogP contribution in [0.5, 0.6) is 0 Å². The molecule has 1 aliphatic heterocycles. The third-order valence-electron chi connectivity index (χ3n) is 6.89. The number of rotatable bonds is 14. The summed E-state index contributed by atoms with van der Waals surface area (Å²) in [6, 6.07) is 0.368. The van der Waals surface area contributed by atoms with Gasteiger partial charge >= 0.3 is 5.97 Å². The van der Waals surface area contributed by atoms with E-state index in [0.29, 0.717) is 12.5 Å². The summed E-state index contributed by atoms with van der Waals surface area (Å²) in [5.41, 5.74) is 0.216. The number of hydrogen-bond acceptors (Lipinski definition) is 3. The van der Waals surface area contributed by atoms with Crippen molar-refractivity contribution in [2.45, 2.75) is 108 Å². The molecule has 0 amide bonds. The lowest BCUT2D eigenvalue weighted by molar-refractivity contribution is -0.137. The Kier molecular flexibility index (Phi) is 10.3. The van der Waals surface area contributed by atoms with E-state index in [-0.39, 0.29) is 23.3 Å². The van der Waals surface area contributed by atoms with E-state index in [1.54, 1.807) is 0 Å². The van der Waals surface area contributed by atoms with Crippen molar-refractivity contribution in [2.75, 3.05) is 13.1 Å². The van der Waals surface area contributed by atoms with Crippen LogP contribution in [0.4, 0.5) is 0 Å². The van der Waals surface area contributed by atoms with Crippen LogP contribution in [0, 0.1) is 5.41 Å². The first-order valence-electron chi connectivity index (χ1n) is 11.4. The van der Waals surface area contributed by atoms with Crippen LogP contribution >= 0.6 is 11.6 Å². The van der Waals surface area contributed by atoms with Crippen molar-refractivity contribution in [1.82, 2.24) is 4.90 Å². The monoisotopic (exact) mass is 413 g/mol. The zero-order valence-electron chi connectivity index (χ0n) is 17.6. The molecular weight excluding hydrogens is 374 g/mol. The van der Waals surface area contributed by atoms with Gasteiger partial charge < -0.3 is 10.2 Å². The molecule has 28 heavy (non-hydrogen) atoms. The standard InChI is InChI=1S/C23H40ClNO3/c1-2-3-14-23(15-9-16-23)21(26)11-8-17-25-18-13-19(24)20(25)10-6-4-5-7-12-22(27)28/h4,6,19-21,26H,2-3,5,7-18H2,1H3,(H,27,28)/t19-,20+,21+/m1/s1. The minimum Gasteiger partial charge on any atom is -0.481 e. The van der Waals surface area contributed by atoms with Gasteiger partial charge in [0, 0.05) is 12.5 Å². The average molecular weight is 414 g/mol. The van der Waals surface area contributed by atoms with E-state index < -0.39 is 5.97 Å². The van der Waals surface area contributed by atoms with E-state index in [4.69, 9.17) is 16.7 Å². The number of nitrogens with zero attached hydrogens (tertiary/aromatic N) is 1. The molecular formula is C23H40ClNO3. The van der Waals surface area contributed by atoms with Gasteiger partial charge in [-0.05, 0) is 76.3 Å². The van der Waals surface area contributed by atoms with Crippen LogP contribution in [0.3, 0.4) is 0 Å². The highest BCUT2D eigenvalue weighted by Crippen LogP contribution is 2.49. The topological polar surface area (TPSA) is 60.8 Å². The molecule has 0 spiro atoms. The fourth-order valence-corrected chi connectivity index (χ4v) is 5.24. The molecule has 4 nitrogen and oxygen atoms in total. The van der Waals surface area contributed by atoms with E-state index in [2.05, 4.69) is 24.0 Å². The Morgan fingerprint density at radius 1 is 1.29 bits per heavy atom. The number of aliphatic carboxylic acids is 1. The quantitative estimate of drug-likeness (QED) is 0.228. The van der Waals surface area contributed by atoms with Gasteiger partial charge in [0.2, 0.25) is 0 Å². The Labute approximate surface area is 176 Å². The maximum absolute atomic E-state index is 10.8. The SMILES string of the molecule is CCCCC1([C@@H](O)CCCN2CC[C@@H](Cl)[C@@H]2CC=CCCCC(=O)O)CCC1. The second-order valence-electron chi connectivity index (χ2n) is 8.88. The number of unbranched alkanes of at least 4 members (excludes halogenated alkanes) is 2. The molecule has 2 rings (SSSR count). The summed E-state index contributed by atoms with van der Waals surface area (Å²) < 4.78 is 0. The van der Waals surface area contributed by atoms with E-state index >= 15 is 0 Å². The largest absolute Gasteiger partial charge is 0.481 e. The number of carbonyl (C=O) groups is 1. The Bertz CT molecular complexity index is 492. The van der Waals surface area contributed by atoms with Crippen LogP contribution in [0.2, 0.25) is 0 Å². The van der Waals surface area contributed by atoms with E-state index in [1.807, 2.05) is 0 Å². The van der Waals surface area contributed by atoms with Gasteiger partial charge in [-0.25, -0.2) is 0 Å². The molecule has 162 valence electrons. The van der Waals surface area contributed by atoms with E-state index in [1.165, 1.54) is 38.5 Å². The van der Waals surface area contributed by atoms with E-state index in [0.717, 1.165) is 45.2 Å². The van der Waals surface area contributed by atoms with Crippen LogP contribution in [0.25, 0.3) is 0 Å². The lowest BCUT2D eigenvalue weighted by Crippen LogP contribution is -2.42. The van der Waals surface area contributed by atoms with Crippen molar-refractivity contribution < 1.29 is 15.0 Å². The van der Waals surface area contributed by atoms with Crippen molar-refractivity contribution >= 4 is 17.6 Å². The third kappa shape index (κ3) is 7.03. The molecule has 0 radical (unpaired) electrons. The smallest absolute Gasteiger partial charge is 0.303 e. The summed E-state index contributed by atoms with van der Waals surface area (Å²) in [6.45, 7) is 4.29. The number of halogens is 1. The lowest BCUT2D eigenvalue weighted by atomic mass is 9.61. The second-order valence-corrected chi connectivity index (χ2v) is 9.44. The molecule has 1 aliphatic carbocycles. The number of carboxylic acid groups (broad SMARTS) is 1. The van der Waals surface area contributed by atoms with Crippen molar-refractivity contribution in [3.63, 3.8) is 0 Å². The predicted molar refractivity (Wildman–Crippen MR) is 116 cm³/mol. The molecule has 2 N–H and O–H groups in total. The van der Waals surface area contributed by atoms with Gasteiger partial charge in [-0.2, -0.15) is 0 Å². The van der Waals surface area contributed by atoms with Crippen LogP contribution in [0.15, 0.2) is 12.2 Å². The third-order valence-corrected chi connectivity index (χ3v) is 7.40. The van der Waals surface area contributed by atoms with Crippen molar-refractivity contribution in [3.05, 3.63) is 12.2 Å². The van der Waals surface area contributed by atoms with Crippen LogP contribution in [0.1, 0.15) is 90.4 Å². The predicted octanol–water partition coefficient (Wildman–Crippen LogP) is 5.37. The van der Waals surface area contributed by atoms with Gasteiger partial charge in [0.05, 0.1) is 11.5 Å². The minimum atomic E-state index is -0.725. The number of alkyl halides is 1. The highest BCUT2D eigenvalue weighted by Gasteiger charge is 2.42. The Balaban J connectivity index is 1.70. The van der Waals surface area contributed by atoms with Crippen LogP contribution < -0.4 is 0 Å². The highest BCUT2D eigenvalue weighted by molar-refractivity contribution is 6.21. The summed E-state index contributed by atoms with van der Waals surface area (Å²) in [6.07, 6.45) is 17.1. The van der Waals surface area contributed by atoms with Crippen molar-refractivity contribution in [3.8, 4) is 0 Å². The highest BCUT2D eigenvalue weighted by atomic mass is 35.5. The molecule has 0 aromatic rings. The molecule has 1 saturated carbocycles. The van der Waals surface area contributed by atoms with Crippen molar-refractivity contribution in [1.29, 1.82) is 0 Å². The number of likely N-dealkylation sites (tertiary alicyclic amines) is 1. The van der Waals surface area contributed by atoms with Gasteiger partial charge in [-0.3, -0.25) is 9.69 Å². The van der Waals surface area contributed by atoms with Gasteiger partial charge in [0.1, 0.15) is 0 Å². The van der Waals surface area contributed by atoms with Gasteiger partial charge in [-0.1, -0.05) is 38.3 Å². The fraction of sp³-hybridized carbons (Fsp3) is 0.870. The average Bonchev–Trinajstić information content (AvgIpc) is 2.97. The molecule has 1 heterocycles. The lowest BCUT2D eigenvalue weighted by Gasteiger charge is -2.46. The van der Waals surface area contributed by atoms with Crippen LogP contribution in [-0.4, -0.2) is 51.7 Å². The number of aliphatic hydroxyl groups excluding tert-OH is 1. The first-order chi connectivity index (χ1) is 13.5. The second kappa shape index (κ2) is 12.2. The number of allylic oxidation sites excluding steroid dienone is 1. The normalized spacial score (nSPS) is 25.8. The Morgan fingerprint density at radius 3 is 2.71 bits per heavy atom. The fourth-order valence-electron chi connectivity index (χ4n) is 4.88. The van der Waals surface area contributed by atoms with Crippen molar-refractivity contribution in [2.24, 2.45) is 5.41 Å². The maximum Gasteiger partial charge on any atom is 0.303 e. The molecule has 1 saturated heterocycles. The molecule has 0 aromatic carbocycles. The van der Waals surface area contributed by atoms with Gasteiger partial charge in [-0.15, -0.1) is 11.6 Å². The van der Waals surface area contributed by atoms with Gasteiger partial charge in [0.15, 0.2) is 0 Å². The molecule has 3 atom stereocenters. The molecule has 2 aliphatic rings. The number of hydrogen-bond donors (Lipinski definition) is 2. The Morgan fingerprint density at radius 2 is 2.07 bits per heavy atom. The summed E-state index contributed by atoms with van der Waals surface area (Å²) in [7, 11) is 0. The number of aliphatic hydroxyl groups is 1. The summed E-state index contributed by atoms with van der Waals surface area (Å²) in [5.74, 6) is -0.725. The summed E-state index contributed by atoms with van der Waals surface area (Å²) in [4.78, 5) is 13.0. The zero-order chi connectivity index (χ0) is 20.4. The summed E-state index contributed by atoms with van der Waals surface area (Å²) >= 11 is 6.55. The number of carboxylic acids is 1. The summed E-state index contributed by atoms with van der Waals surface area (Å²) in [5, 5.41) is 19.7. The first-order valence-corrected chi connectivity index (χ1v) is 11.8. The van der Waals surface area contributed by atoms with Crippen LogP contribution in [-0.2, 0) is 4.79 Å². The van der Waals surface area contributed by atoms with E-state index in [9.17, 15) is 9.90 Å². The molecule has 2 fully saturated rings. The molecule has 0 unspecified atom stereocenters. The molecule has 0 bridgehead atoms. The molecule has 5 heteroatoms. The first kappa shape index (κ1) is 23.7. The maximum atomic E-state index is 10.8.